The van der Waals surface area contributed by atoms with Crippen LogP contribution in [0.15, 0.2) is 48.8 Å². The Balaban J connectivity index is 2.06. The second-order valence-corrected chi connectivity index (χ2v) is 4.53. The molecule has 96 valence electrons. The van der Waals surface area contributed by atoms with Crippen LogP contribution < -0.4 is 0 Å². The second kappa shape index (κ2) is 4.28. The van der Waals surface area contributed by atoms with Gasteiger partial charge in [-0.2, -0.15) is 5.10 Å². The van der Waals surface area contributed by atoms with Crippen LogP contribution in [0.3, 0.4) is 0 Å². The van der Waals surface area contributed by atoms with E-state index in [-0.39, 0.29) is 5.91 Å². The maximum absolute atomic E-state index is 11.8. The summed E-state index contributed by atoms with van der Waals surface area (Å²) in [5, 5.41) is 4.33. The molecular weight excluding hydrogens is 240 g/mol. The van der Waals surface area contributed by atoms with Crippen molar-refractivity contribution in [1.82, 2.24) is 19.1 Å². The molecule has 0 aliphatic rings. The first-order valence-electron chi connectivity index (χ1n) is 6.00. The lowest BCUT2D eigenvalue weighted by atomic mass is 10.4. The Morgan fingerprint density at radius 3 is 2.74 bits per heavy atom. The molecule has 0 aliphatic carbocycles. The molecule has 3 rings (SSSR count). The number of amides is 1. The third-order valence-electron chi connectivity index (χ3n) is 2.99. The highest BCUT2D eigenvalue weighted by atomic mass is 16.2. The van der Waals surface area contributed by atoms with Crippen LogP contribution in [-0.4, -0.2) is 39.1 Å². The smallest absolute Gasteiger partial charge is 0.273 e. The van der Waals surface area contributed by atoms with Gasteiger partial charge in [-0.05, 0) is 30.3 Å². The van der Waals surface area contributed by atoms with E-state index in [0.29, 0.717) is 5.69 Å². The van der Waals surface area contributed by atoms with Gasteiger partial charge in [-0.15, -0.1) is 0 Å². The van der Waals surface area contributed by atoms with Crippen LogP contribution in [0.2, 0.25) is 0 Å². The van der Waals surface area contributed by atoms with E-state index in [1.165, 1.54) is 4.90 Å². The van der Waals surface area contributed by atoms with Gasteiger partial charge in [0, 0.05) is 32.0 Å². The van der Waals surface area contributed by atoms with Gasteiger partial charge < -0.3 is 9.30 Å². The third kappa shape index (κ3) is 1.89. The average molecular weight is 254 g/mol. The molecule has 5 heteroatoms. The molecule has 0 unspecified atom stereocenters. The molecule has 0 fully saturated rings. The summed E-state index contributed by atoms with van der Waals surface area (Å²) in [6.07, 6.45) is 3.77. The highest BCUT2D eigenvalue weighted by Gasteiger charge is 2.13. The minimum Gasteiger partial charge on any atom is -0.343 e. The molecule has 3 aromatic heterocycles. The maximum Gasteiger partial charge on any atom is 0.273 e. The van der Waals surface area contributed by atoms with Crippen molar-refractivity contribution in [3.8, 4) is 5.82 Å². The van der Waals surface area contributed by atoms with Gasteiger partial charge in [-0.25, -0.2) is 4.68 Å². The number of hydrogen-bond acceptors (Lipinski definition) is 2. The summed E-state index contributed by atoms with van der Waals surface area (Å²) in [4.78, 5) is 13.4. The summed E-state index contributed by atoms with van der Waals surface area (Å²) >= 11 is 0. The Bertz CT molecular complexity index is 739. The van der Waals surface area contributed by atoms with Crippen molar-refractivity contribution < 1.29 is 4.79 Å². The van der Waals surface area contributed by atoms with E-state index in [2.05, 4.69) is 5.10 Å². The van der Waals surface area contributed by atoms with E-state index in [9.17, 15) is 4.79 Å². The van der Waals surface area contributed by atoms with E-state index in [4.69, 9.17) is 0 Å². The standard InChI is InChI=1S/C14H14N4O/c1-16(2)14(19)12-8-10-18(15-12)13-7-6-11-5-3-4-9-17(11)13/h3-10H,1-2H3. The van der Waals surface area contributed by atoms with Crippen LogP contribution >= 0.6 is 0 Å². The fraction of sp³-hybridized carbons (Fsp3) is 0.143. The Morgan fingerprint density at radius 1 is 1.11 bits per heavy atom. The lowest BCUT2D eigenvalue weighted by Gasteiger charge is -2.07. The number of rotatable bonds is 2. The van der Waals surface area contributed by atoms with Crippen LogP contribution in [0.1, 0.15) is 10.5 Å². The molecule has 0 aromatic carbocycles. The molecule has 3 heterocycles. The molecule has 3 aromatic rings. The quantitative estimate of drug-likeness (QED) is 0.700. The molecule has 19 heavy (non-hydrogen) atoms. The zero-order chi connectivity index (χ0) is 13.4. The maximum atomic E-state index is 11.8. The van der Waals surface area contributed by atoms with Crippen LogP contribution in [-0.2, 0) is 0 Å². The molecule has 0 saturated heterocycles. The van der Waals surface area contributed by atoms with Gasteiger partial charge in [0.1, 0.15) is 5.82 Å². The van der Waals surface area contributed by atoms with E-state index < -0.39 is 0 Å². The summed E-state index contributed by atoms with van der Waals surface area (Å²) < 4.78 is 3.74. The van der Waals surface area contributed by atoms with Crippen molar-refractivity contribution in [2.75, 3.05) is 14.1 Å². The Labute approximate surface area is 110 Å². The number of nitrogens with zero attached hydrogens (tertiary/aromatic N) is 4. The van der Waals surface area contributed by atoms with Gasteiger partial charge in [-0.1, -0.05) is 6.07 Å². The molecule has 1 amide bonds. The number of carbonyl (C=O) groups excluding carboxylic acids is 1. The SMILES string of the molecule is CN(C)C(=O)c1ccn(-c2ccc3ccccn23)n1. The summed E-state index contributed by atoms with van der Waals surface area (Å²) in [7, 11) is 3.43. The summed E-state index contributed by atoms with van der Waals surface area (Å²) in [5.74, 6) is 0.813. The molecule has 0 radical (unpaired) electrons. The number of pyridine rings is 1. The number of fused-ring (bicyclic) bond motifs is 1. The normalized spacial score (nSPS) is 10.8. The van der Waals surface area contributed by atoms with E-state index in [1.807, 2.05) is 40.9 Å². The van der Waals surface area contributed by atoms with Gasteiger partial charge >= 0.3 is 0 Å². The van der Waals surface area contributed by atoms with Crippen LogP contribution in [0.5, 0.6) is 0 Å². The molecule has 0 bridgehead atoms. The first-order valence-corrected chi connectivity index (χ1v) is 6.00. The minimum atomic E-state index is -0.0976. The summed E-state index contributed by atoms with van der Waals surface area (Å²) in [5.41, 5.74) is 1.53. The van der Waals surface area contributed by atoms with Gasteiger partial charge in [0.2, 0.25) is 0 Å². The molecule has 0 saturated carbocycles. The largest absolute Gasteiger partial charge is 0.343 e. The Hall–Kier alpha value is -2.56. The van der Waals surface area contributed by atoms with Crippen molar-refractivity contribution in [1.29, 1.82) is 0 Å². The number of carbonyl (C=O) groups is 1. The Morgan fingerprint density at radius 2 is 1.95 bits per heavy atom. The highest BCUT2D eigenvalue weighted by molar-refractivity contribution is 5.91. The highest BCUT2D eigenvalue weighted by Crippen LogP contribution is 2.14. The number of hydrogen-bond donors (Lipinski definition) is 0. The monoisotopic (exact) mass is 254 g/mol. The molecule has 5 nitrogen and oxygen atoms in total. The first-order chi connectivity index (χ1) is 9.16. The summed E-state index contributed by atoms with van der Waals surface area (Å²) in [6, 6.07) is 11.7. The average Bonchev–Trinajstić information content (AvgIpc) is 3.03. The molecule has 0 spiro atoms. The lowest BCUT2D eigenvalue weighted by molar-refractivity contribution is 0.0821. The van der Waals surface area contributed by atoms with Crippen LogP contribution in [0.4, 0.5) is 0 Å². The predicted molar refractivity (Wildman–Crippen MR) is 72.5 cm³/mol. The molecule has 0 aliphatic heterocycles. The van der Waals surface area contributed by atoms with E-state index in [0.717, 1.165) is 11.3 Å². The predicted octanol–water partition coefficient (Wildman–Crippen LogP) is 1.83. The van der Waals surface area contributed by atoms with Crippen molar-refractivity contribution in [2.24, 2.45) is 0 Å². The van der Waals surface area contributed by atoms with E-state index >= 15 is 0 Å². The van der Waals surface area contributed by atoms with Crippen molar-refractivity contribution >= 4 is 11.4 Å². The topological polar surface area (TPSA) is 42.5 Å². The Kier molecular flexibility index (Phi) is 2.59. The minimum absolute atomic E-state index is 0.0976. The molecule has 0 atom stereocenters. The van der Waals surface area contributed by atoms with Crippen LogP contribution in [0, 0.1) is 0 Å². The fourth-order valence-electron chi connectivity index (χ4n) is 2.02. The van der Waals surface area contributed by atoms with Crippen LogP contribution in [0.25, 0.3) is 11.3 Å². The van der Waals surface area contributed by atoms with Gasteiger partial charge in [-0.3, -0.25) is 4.79 Å². The third-order valence-corrected chi connectivity index (χ3v) is 2.99. The number of aromatic nitrogens is 3. The molecule has 0 N–H and O–H groups in total. The van der Waals surface area contributed by atoms with Gasteiger partial charge in [0.15, 0.2) is 5.69 Å². The van der Waals surface area contributed by atoms with E-state index in [1.54, 1.807) is 31.0 Å². The van der Waals surface area contributed by atoms with Gasteiger partial charge in [0.25, 0.3) is 5.91 Å². The van der Waals surface area contributed by atoms with Crippen molar-refractivity contribution in [3.63, 3.8) is 0 Å². The fourth-order valence-corrected chi connectivity index (χ4v) is 2.02. The first kappa shape index (κ1) is 11.5. The summed E-state index contributed by atoms with van der Waals surface area (Å²) in [6.45, 7) is 0. The molecular formula is C14H14N4O. The zero-order valence-corrected chi connectivity index (χ0v) is 10.8. The van der Waals surface area contributed by atoms with Crippen molar-refractivity contribution in [2.45, 2.75) is 0 Å². The second-order valence-electron chi connectivity index (χ2n) is 4.53. The zero-order valence-electron chi connectivity index (χ0n) is 10.8. The lowest BCUT2D eigenvalue weighted by Crippen LogP contribution is -2.22. The van der Waals surface area contributed by atoms with Crippen molar-refractivity contribution in [3.05, 3.63) is 54.5 Å². The van der Waals surface area contributed by atoms with Gasteiger partial charge in [0.05, 0.1) is 0 Å².